The quantitative estimate of drug-likeness (QED) is 0.573. The zero-order chi connectivity index (χ0) is 6.00. The Morgan fingerprint density at radius 3 is 0.625 bits per heavy atom. The average Bonchev–Trinajstić information content (AvgIpc) is 1.81. The Morgan fingerprint density at radius 2 is 0.625 bits per heavy atom. The van der Waals surface area contributed by atoms with E-state index in [9.17, 15) is 0 Å². The second kappa shape index (κ2) is 343. The zero-order valence-corrected chi connectivity index (χ0v) is 9.70. The Bertz CT molecular complexity index is 8.49. The van der Waals surface area contributed by atoms with Crippen LogP contribution >= 0.6 is 12.4 Å². The topological polar surface area (TPSA) is 0 Å². The maximum atomic E-state index is 3.25. The van der Waals surface area contributed by atoms with Crippen molar-refractivity contribution in [1.29, 1.82) is 0 Å². The Morgan fingerprint density at radius 1 is 0.625 bits per heavy atom. The van der Waals surface area contributed by atoms with E-state index in [0.29, 0.717) is 0 Å². The molecule has 0 saturated heterocycles. The molecule has 0 aliphatic carbocycles. The molecule has 7 radical (unpaired) electrons. The van der Waals surface area contributed by atoms with Crippen molar-refractivity contribution >= 4 is 36.3 Å². The van der Waals surface area contributed by atoms with Gasteiger partial charge in [-0.3, -0.25) is 0 Å². The Hall–Kier alpha value is 1.09. The SMILES string of the molecule is Cl.[CH2]C.[CH2]C.[CH2]C.[Sn]. The van der Waals surface area contributed by atoms with Gasteiger partial charge in [0.2, 0.25) is 0 Å². The zero-order valence-electron chi connectivity index (χ0n) is 6.03. The first-order chi connectivity index (χ1) is 3.00. The van der Waals surface area contributed by atoms with Gasteiger partial charge < -0.3 is 0 Å². The van der Waals surface area contributed by atoms with Crippen LogP contribution in [0.3, 0.4) is 0 Å². The minimum atomic E-state index is 0. The maximum Gasteiger partial charge on any atom is 0 e. The summed E-state index contributed by atoms with van der Waals surface area (Å²) in [4.78, 5) is 0. The van der Waals surface area contributed by atoms with E-state index in [4.69, 9.17) is 0 Å². The van der Waals surface area contributed by atoms with Crippen LogP contribution in [0, 0.1) is 20.8 Å². The molecule has 0 atom stereocenters. The number of hydrogen-bond acceptors (Lipinski definition) is 0. The number of rotatable bonds is 0. The van der Waals surface area contributed by atoms with Gasteiger partial charge >= 0.3 is 0 Å². The van der Waals surface area contributed by atoms with E-state index >= 15 is 0 Å². The van der Waals surface area contributed by atoms with Crippen molar-refractivity contribution in [3.8, 4) is 0 Å². The summed E-state index contributed by atoms with van der Waals surface area (Å²) in [5, 5.41) is 0. The minimum Gasteiger partial charge on any atom is -0.147 e. The van der Waals surface area contributed by atoms with E-state index < -0.39 is 0 Å². The normalized spacial score (nSPS) is 2.25. The van der Waals surface area contributed by atoms with Crippen LogP contribution in [0.25, 0.3) is 0 Å². The predicted octanol–water partition coefficient (Wildman–Crippen LogP) is 2.56. The summed E-state index contributed by atoms with van der Waals surface area (Å²) in [5.41, 5.74) is 0. The molecule has 0 aliphatic rings. The van der Waals surface area contributed by atoms with Crippen LogP contribution < -0.4 is 0 Å². The molecule has 0 aromatic carbocycles. The van der Waals surface area contributed by atoms with Crippen LogP contribution in [0.1, 0.15) is 20.8 Å². The molecule has 0 heterocycles. The fraction of sp³-hybridized carbons (Fsp3) is 0.500. The fourth-order valence-corrected chi connectivity index (χ4v) is 0. The third-order valence-electron chi connectivity index (χ3n) is 0. The molecule has 0 aromatic heterocycles. The van der Waals surface area contributed by atoms with Gasteiger partial charge in [0.05, 0.1) is 0 Å². The van der Waals surface area contributed by atoms with Crippen molar-refractivity contribution in [3.05, 3.63) is 20.8 Å². The Balaban J connectivity index is -0.00000000500. The van der Waals surface area contributed by atoms with Crippen LogP contribution in [0.2, 0.25) is 0 Å². The van der Waals surface area contributed by atoms with Crippen molar-refractivity contribution in [1.82, 2.24) is 0 Å². The number of halogens is 1. The molecule has 51 valence electrons. The van der Waals surface area contributed by atoms with Gasteiger partial charge in [0, 0.05) is 23.9 Å². The van der Waals surface area contributed by atoms with Gasteiger partial charge in [-0.15, -0.1) is 12.4 Å². The molecule has 0 saturated carbocycles. The van der Waals surface area contributed by atoms with Crippen LogP contribution in [-0.4, -0.2) is 23.9 Å². The van der Waals surface area contributed by atoms with Crippen molar-refractivity contribution < 1.29 is 0 Å². The van der Waals surface area contributed by atoms with E-state index in [-0.39, 0.29) is 36.3 Å². The molecule has 0 amide bonds. The monoisotopic (exact) mass is 243 g/mol. The van der Waals surface area contributed by atoms with E-state index in [1.807, 2.05) is 0 Å². The largest absolute Gasteiger partial charge is 0.147 e. The molecule has 2 heteroatoms. The van der Waals surface area contributed by atoms with E-state index in [2.05, 4.69) is 20.8 Å². The third kappa shape index (κ3) is 222. The molecule has 0 bridgehead atoms. The third-order valence-corrected chi connectivity index (χ3v) is 0. The summed E-state index contributed by atoms with van der Waals surface area (Å²) in [7, 11) is 0. The van der Waals surface area contributed by atoms with Gasteiger partial charge in [-0.05, 0) is 0 Å². The average molecular weight is 242 g/mol. The van der Waals surface area contributed by atoms with Crippen molar-refractivity contribution in [2.24, 2.45) is 0 Å². The van der Waals surface area contributed by atoms with Crippen LogP contribution in [0.15, 0.2) is 0 Å². The first kappa shape index (κ1) is 35.6. The van der Waals surface area contributed by atoms with Crippen molar-refractivity contribution in [3.63, 3.8) is 0 Å². The van der Waals surface area contributed by atoms with Gasteiger partial charge in [-0.25, -0.2) is 0 Å². The first-order valence-electron chi connectivity index (χ1n) is 2.12. The molecular formula is C6H16ClSn. The summed E-state index contributed by atoms with van der Waals surface area (Å²) < 4.78 is 0. The Kier molecular flexibility index (Phi) is 1520. The van der Waals surface area contributed by atoms with Crippen molar-refractivity contribution in [2.45, 2.75) is 20.8 Å². The fourth-order valence-electron chi connectivity index (χ4n) is 0. The molecule has 0 rings (SSSR count). The first-order valence-corrected chi connectivity index (χ1v) is 2.12. The van der Waals surface area contributed by atoms with E-state index in [1.54, 1.807) is 20.8 Å². The molecule has 0 aliphatic heterocycles. The van der Waals surface area contributed by atoms with E-state index in [0.717, 1.165) is 0 Å². The predicted molar refractivity (Wildman–Crippen MR) is 46.1 cm³/mol. The minimum absolute atomic E-state index is 0. The van der Waals surface area contributed by atoms with Gasteiger partial charge in [0.15, 0.2) is 0 Å². The van der Waals surface area contributed by atoms with Crippen molar-refractivity contribution in [2.75, 3.05) is 0 Å². The summed E-state index contributed by atoms with van der Waals surface area (Å²) in [6, 6.07) is 0. The van der Waals surface area contributed by atoms with Crippen LogP contribution in [0.4, 0.5) is 0 Å². The standard InChI is InChI=1S/3C2H5.ClH.Sn/c3*1-2;;/h3*1H2,2H3;1H;. The number of hydrogen-bond donors (Lipinski definition) is 0. The molecule has 0 N–H and O–H groups in total. The summed E-state index contributed by atoms with van der Waals surface area (Å²) in [6.45, 7) is 15.0. The van der Waals surface area contributed by atoms with Crippen LogP contribution in [-0.2, 0) is 0 Å². The maximum absolute atomic E-state index is 3.25. The smallest absolute Gasteiger partial charge is 0 e. The summed E-state index contributed by atoms with van der Waals surface area (Å²) >= 11 is 0. The van der Waals surface area contributed by atoms with E-state index in [1.165, 1.54) is 0 Å². The second-order valence-corrected chi connectivity index (χ2v) is 0. The van der Waals surface area contributed by atoms with Gasteiger partial charge in [0.1, 0.15) is 0 Å². The van der Waals surface area contributed by atoms with Gasteiger partial charge in [0.25, 0.3) is 0 Å². The Labute approximate surface area is 77.8 Å². The summed E-state index contributed by atoms with van der Waals surface area (Å²) in [5.74, 6) is 0. The molecule has 0 fully saturated rings. The molecular weight excluding hydrogens is 226 g/mol. The van der Waals surface area contributed by atoms with Crippen LogP contribution in [0.5, 0.6) is 0 Å². The molecule has 0 unspecified atom stereocenters. The second-order valence-electron chi connectivity index (χ2n) is 0. The summed E-state index contributed by atoms with van der Waals surface area (Å²) in [6.07, 6.45) is 0. The van der Waals surface area contributed by atoms with Gasteiger partial charge in [-0.2, -0.15) is 0 Å². The van der Waals surface area contributed by atoms with Gasteiger partial charge in [-0.1, -0.05) is 41.5 Å². The molecule has 0 aromatic rings. The molecule has 0 spiro atoms. The molecule has 0 nitrogen and oxygen atoms in total. The molecule has 8 heavy (non-hydrogen) atoms.